The van der Waals surface area contributed by atoms with Gasteiger partial charge in [0.25, 0.3) is 0 Å². The molecule has 5 aromatic rings. The number of carbonyl (C=O) groups excluding carboxylic acids is 1. The molecule has 2 amide bonds. The number of imidazole rings is 1. The molecule has 0 spiro atoms. The molecule has 11 heteroatoms. The number of rotatable bonds is 6. The van der Waals surface area contributed by atoms with E-state index in [1.807, 2.05) is 13.0 Å². The van der Waals surface area contributed by atoms with Crippen LogP contribution in [0.1, 0.15) is 12.6 Å². The molecule has 0 aliphatic heterocycles. The van der Waals surface area contributed by atoms with Crippen LogP contribution >= 0.6 is 0 Å². The summed E-state index contributed by atoms with van der Waals surface area (Å²) in [5, 5.41) is 10.1. The summed E-state index contributed by atoms with van der Waals surface area (Å²) >= 11 is 0. The molecule has 4 heterocycles. The molecular weight excluding hydrogens is 448 g/mol. The first kappa shape index (κ1) is 21.6. The van der Waals surface area contributed by atoms with E-state index in [9.17, 15) is 9.59 Å². The topological polar surface area (TPSA) is 143 Å². The van der Waals surface area contributed by atoms with Crippen LogP contribution in [0.5, 0.6) is 11.5 Å². The zero-order valence-corrected chi connectivity index (χ0v) is 18.6. The van der Waals surface area contributed by atoms with Crippen molar-refractivity contribution in [2.45, 2.75) is 6.92 Å². The predicted molar refractivity (Wildman–Crippen MR) is 132 cm³/mol. The summed E-state index contributed by atoms with van der Waals surface area (Å²) in [7, 11) is 0. The van der Waals surface area contributed by atoms with Gasteiger partial charge in [0.2, 0.25) is 0 Å². The number of allylic oxidation sites excluding steroid dienone is 1. The molecule has 0 saturated carbocycles. The lowest BCUT2D eigenvalue weighted by atomic mass is 10.2. The molecule has 0 radical (unpaired) electrons. The Hall–Kier alpha value is -5.19. The fourth-order valence-corrected chi connectivity index (χ4v) is 3.34. The number of anilines is 2. The van der Waals surface area contributed by atoms with Gasteiger partial charge >= 0.3 is 11.7 Å². The molecule has 1 aromatic carbocycles. The number of H-pyrrole nitrogens is 2. The number of urea groups is 1. The molecule has 0 unspecified atom stereocenters. The maximum absolute atomic E-state index is 12.7. The van der Waals surface area contributed by atoms with Gasteiger partial charge in [-0.15, -0.1) is 0 Å². The Morgan fingerprint density at radius 1 is 1.03 bits per heavy atom. The molecule has 35 heavy (non-hydrogen) atoms. The van der Waals surface area contributed by atoms with Crippen molar-refractivity contribution in [1.29, 1.82) is 0 Å². The lowest BCUT2D eigenvalue weighted by Gasteiger charge is -2.10. The highest BCUT2D eigenvalue weighted by Gasteiger charge is 2.14. The van der Waals surface area contributed by atoms with Gasteiger partial charge in [-0.3, -0.25) is 10.3 Å². The van der Waals surface area contributed by atoms with Crippen LogP contribution in [0.2, 0.25) is 0 Å². The highest BCUT2D eigenvalue weighted by Crippen LogP contribution is 2.27. The Morgan fingerprint density at radius 3 is 2.60 bits per heavy atom. The summed E-state index contributed by atoms with van der Waals surface area (Å²) in [4.78, 5) is 37.9. The van der Waals surface area contributed by atoms with Gasteiger partial charge in [-0.1, -0.05) is 12.6 Å². The maximum atomic E-state index is 12.7. The van der Waals surface area contributed by atoms with Gasteiger partial charge in [0.15, 0.2) is 17.2 Å². The molecule has 0 atom stereocenters. The first-order valence-corrected chi connectivity index (χ1v) is 10.6. The molecule has 174 valence electrons. The highest BCUT2D eigenvalue weighted by atomic mass is 16.5. The van der Waals surface area contributed by atoms with Crippen molar-refractivity contribution in [2.75, 3.05) is 10.6 Å². The number of benzene rings is 1. The number of aromatic nitrogens is 6. The van der Waals surface area contributed by atoms with E-state index >= 15 is 0 Å². The summed E-state index contributed by atoms with van der Waals surface area (Å²) in [6.45, 7) is 5.75. The van der Waals surface area contributed by atoms with Gasteiger partial charge in [0.05, 0.1) is 5.69 Å². The predicted octanol–water partition coefficient (Wildman–Crippen LogP) is 4.30. The SMILES string of the molecule is C=C(C)c1cc(NC(=O)Nc2ccc(Oc3ccnc4[nH]c(=O)[nH]c34)cc2)n(-c2ccccn2)n1. The van der Waals surface area contributed by atoms with E-state index in [-0.39, 0.29) is 5.69 Å². The molecule has 4 N–H and O–H groups in total. The van der Waals surface area contributed by atoms with Crippen LogP contribution in [0, 0.1) is 0 Å². The number of carbonyl (C=O) groups is 1. The maximum Gasteiger partial charge on any atom is 0.325 e. The van der Waals surface area contributed by atoms with Crippen molar-refractivity contribution in [2.24, 2.45) is 0 Å². The van der Waals surface area contributed by atoms with E-state index in [1.165, 1.54) is 6.20 Å². The zero-order chi connectivity index (χ0) is 24.4. The van der Waals surface area contributed by atoms with Crippen LogP contribution < -0.4 is 21.1 Å². The number of aromatic amines is 2. The summed E-state index contributed by atoms with van der Waals surface area (Å²) < 4.78 is 7.41. The van der Waals surface area contributed by atoms with Crippen LogP contribution in [0.15, 0.2) is 78.4 Å². The van der Waals surface area contributed by atoms with E-state index in [4.69, 9.17) is 4.74 Å². The average Bonchev–Trinajstić information content (AvgIpc) is 3.44. The second-order valence-electron chi connectivity index (χ2n) is 7.61. The third-order valence-corrected chi connectivity index (χ3v) is 4.98. The van der Waals surface area contributed by atoms with Crippen molar-refractivity contribution >= 4 is 34.3 Å². The quantitative estimate of drug-likeness (QED) is 0.293. The summed E-state index contributed by atoms with van der Waals surface area (Å²) in [6, 6.07) is 15.1. The van der Waals surface area contributed by atoms with E-state index < -0.39 is 6.03 Å². The smallest absolute Gasteiger partial charge is 0.325 e. The Morgan fingerprint density at radius 2 is 1.86 bits per heavy atom. The first-order chi connectivity index (χ1) is 17.0. The van der Waals surface area contributed by atoms with E-state index in [0.29, 0.717) is 45.7 Å². The molecule has 0 aliphatic rings. The average molecular weight is 468 g/mol. The minimum Gasteiger partial charge on any atom is -0.455 e. The van der Waals surface area contributed by atoms with E-state index in [2.05, 4.69) is 42.2 Å². The second-order valence-corrected chi connectivity index (χ2v) is 7.61. The zero-order valence-electron chi connectivity index (χ0n) is 18.6. The molecule has 0 saturated heterocycles. The number of nitrogens with zero attached hydrogens (tertiary/aromatic N) is 4. The molecule has 4 aromatic heterocycles. The molecule has 0 aliphatic carbocycles. The van der Waals surface area contributed by atoms with Crippen LogP contribution in [0.4, 0.5) is 16.3 Å². The van der Waals surface area contributed by atoms with Crippen molar-refractivity contribution in [3.05, 3.63) is 89.7 Å². The Balaban J connectivity index is 1.29. The van der Waals surface area contributed by atoms with Crippen LogP contribution in [-0.2, 0) is 0 Å². The lowest BCUT2D eigenvalue weighted by Crippen LogP contribution is -2.21. The summed E-state index contributed by atoms with van der Waals surface area (Å²) in [5.41, 5.74) is 2.46. The molecule has 5 rings (SSSR count). The van der Waals surface area contributed by atoms with Crippen molar-refractivity contribution in [1.82, 2.24) is 29.7 Å². The Kier molecular flexibility index (Phi) is 5.55. The normalized spacial score (nSPS) is 10.8. The number of ether oxygens (including phenoxy) is 1. The van der Waals surface area contributed by atoms with Gasteiger partial charge in [-0.05, 0) is 48.9 Å². The molecule has 11 nitrogen and oxygen atoms in total. The fourth-order valence-electron chi connectivity index (χ4n) is 3.34. The largest absolute Gasteiger partial charge is 0.455 e. The molecule has 0 bridgehead atoms. The number of fused-ring (bicyclic) bond motifs is 1. The third kappa shape index (κ3) is 4.64. The summed E-state index contributed by atoms with van der Waals surface area (Å²) in [6.07, 6.45) is 3.19. The van der Waals surface area contributed by atoms with E-state index in [0.717, 1.165) is 5.57 Å². The van der Waals surface area contributed by atoms with E-state index in [1.54, 1.807) is 59.4 Å². The first-order valence-electron chi connectivity index (χ1n) is 10.6. The highest BCUT2D eigenvalue weighted by molar-refractivity contribution is 5.99. The van der Waals surface area contributed by atoms with Gasteiger partial charge in [0.1, 0.15) is 17.1 Å². The Labute approximate surface area is 198 Å². The number of hydrogen-bond acceptors (Lipinski definition) is 6. The molecule has 0 fully saturated rings. The fraction of sp³-hybridized carbons (Fsp3) is 0.0417. The van der Waals surface area contributed by atoms with Gasteiger partial charge in [-0.25, -0.2) is 19.6 Å². The minimum absolute atomic E-state index is 0.367. The van der Waals surface area contributed by atoms with Crippen molar-refractivity contribution in [3.8, 4) is 17.3 Å². The van der Waals surface area contributed by atoms with Crippen LogP contribution in [0.25, 0.3) is 22.6 Å². The number of nitrogens with one attached hydrogen (secondary N) is 4. The van der Waals surface area contributed by atoms with Gasteiger partial charge in [0, 0.05) is 30.2 Å². The van der Waals surface area contributed by atoms with Crippen molar-refractivity contribution < 1.29 is 9.53 Å². The number of hydrogen-bond donors (Lipinski definition) is 4. The lowest BCUT2D eigenvalue weighted by molar-refractivity contribution is 0.262. The second kappa shape index (κ2) is 8.98. The minimum atomic E-state index is -0.454. The van der Waals surface area contributed by atoms with Crippen molar-refractivity contribution in [3.63, 3.8) is 0 Å². The monoisotopic (exact) mass is 468 g/mol. The number of pyridine rings is 2. The standard InChI is InChI=1S/C24H20N8O3/c1-14(2)17-13-20(32(31-17)19-5-3-4-11-25-19)28-23(33)27-15-6-8-16(9-7-15)35-18-10-12-26-22-21(18)29-24(34)30-22/h3-13H,1H2,2H3,(H2,27,28,33)(H2,26,29,30,34). The van der Waals surface area contributed by atoms with Gasteiger partial charge < -0.3 is 15.0 Å². The van der Waals surface area contributed by atoms with Crippen LogP contribution in [-0.4, -0.2) is 35.7 Å². The van der Waals surface area contributed by atoms with Crippen LogP contribution in [0.3, 0.4) is 0 Å². The van der Waals surface area contributed by atoms with Gasteiger partial charge in [-0.2, -0.15) is 9.78 Å². The number of amides is 2. The Bertz CT molecular complexity index is 1580. The third-order valence-electron chi connectivity index (χ3n) is 4.98. The summed E-state index contributed by atoms with van der Waals surface area (Å²) in [5.74, 6) is 1.97. The molecular formula is C24H20N8O3.